The van der Waals surface area contributed by atoms with Crippen molar-refractivity contribution in [1.82, 2.24) is 4.90 Å². The molecule has 3 nitrogen and oxygen atoms in total. The molecule has 86 valence electrons. The highest BCUT2D eigenvalue weighted by atomic mass is 16.2. The van der Waals surface area contributed by atoms with Crippen molar-refractivity contribution in [1.29, 1.82) is 0 Å². The second-order valence-electron chi connectivity index (χ2n) is 6.44. The summed E-state index contributed by atoms with van der Waals surface area (Å²) in [6.07, 6.45) is 3.53. The van der Waals surface area contributed by atoms with E-state index in [1.165, 1.54) is 12.8 Å². The summed E-state index contributed by atoms with van der Waals surface area (Å²) in [6.45, 7) is 8.01. The number of amides is 1. The van der Waals surface area contributed by atoms with Gasteiger partial charge in [-0.25, -0.2) is 0 Å². The predicted molar refractivity (Wildman–Crippen MR) is 60.3 cm³/mol. The van der Waals surface area contributed by atoms with Crippen LogP contribution < -0.4 is 5.73 Å². The molecule has 1 aliphatic carbocycles. The Morgan fingerprint density at radius 3 is 2.67 bits per heavy atom. The number of nitrogens with zero attached hydrogens (tertiary/aromatic N) is 1. The minimum absolute atomic E-state index is 0.126. The van der Waals surface area contributed by atoms with Crippen LogP contribution in [0.2, 0.25) is 0 Å². The molecule has 0 aromatic rings. The molecule has 1 heterocycles. The Balaban J connectivity index is 2.20. The fourth-order valence-electron chi connectivity index (χ4n) is 3.87. The van der Waals surface area contributed by atoms with Crippen LogP contribution in [0.15, 0.2) is 0 Å². The van der Waals surface area contributed by atoms with Crippen LogP contribution in [0.25, 0.3) is 0 Å². The van der Waals surface area contributed by atoms with Gasteiger partial charge in [-0.05, 0) is 30.1 Å². The van der Waals surface area contributed by atoms with E-state index < -0.39 is 0 Å². The summed E-state index contributed by atoms with van der Waals surface area (Å²) in [5.41, 5.74) is 6.16. The molecule has 2 fully saturated rings. The molecule has 1 saturated heterocycles. The third-order valence-corrected chi connectivity index (χ3v) is 3.91. The average Bonchev–Trinajstić information content (AvgIpc) is 2.33. The third-order valence-electron chi connectivity index (χ3n) is 3.91. The van der Waals surface area contributed by atoms with Gasteiger partial charge in [0.25, 0.3) is 0 Å². The number of fused-ring (bicyclic) bond motifs is 2. The molecule has 0 unspecified atom stereocenters. The molecule has 0 radical (unpaired) electrons. The summed E-state index contributed by atoms with van der Waals surface area (Å²) in [6, 6.07) is 0.440. The van der Waals surface area contributed by atoms with E-state index in [0.29, 0.717) is 16.9 Å². The highest BCUT2D eigenvalue weighted by Crippen LogP contribution is 2.52. The molecule has 15 heavy (non-hydrogen) atoms. The van der Waals surface area contributed by atoms with Crippen LogP contribution >= 0.6 is 0 Å². The molecule has 2 bridgehead atoms. The van der Waals surface area contributed by atoms with E-state index in [-0.39, 0.29) is 12.5 Å². The minimum atomic E-state index is 0.126. The third kappa shape index (κ3) is 1.89. The highest BCUT2D eigenvalue weighted by molar-refractivity contribution is 5.78. The standard InChI is InChI=1S/C12H22N2O/c1-11(2)4-9-5-12(3,7-11)8-14(9)10(15)6-13/h9H,4-8,13H2,1-3H3/t9-,12-/m0/s1. The number of hydrogen-bond donors (Lipinski definition) is 1. The Morgan fingerprint density at radius 1 is 1.40 bits per heavy atom. The normalized spacial score (nSPS) is 38.1. The van der Waals surface area contributed by atoms with Gasteiger partial charge in [-0.2, -0.15) is 0 Å². The Bertz CT molecular complexity index is 287. The lowest BCUT2D eigenvalue weighted by molar-refractivity contribution is -0.130. The van der Waals surface area contributed by atoms with Crippen molar-refractivity contribution in [2.45, 2.75) is 46.1 Å². The number of nitrogens with two attached hydrogens (primary N) is 1. The second-order valence-corrected chi connectivity index (χ2v) is 6.44. The van der Waals surface area contributed by atoms with Gasteiger partial charge in [0.2, 0.25) is 5.91 Å². The number of rotatable bonds is 1. The van der Waals surface area contributed by atoms with Crippen molar-refractivity contribution in [3.63, 3.8) is 0 Å². The first-order valence-corrected chi connectivity index (χ1v) is 5.85. The van der Waals surface area contributed by atoms with Crippen molar-refractivity contribution in [3.8, 4) is 0 Å². The Kier molecular flexibility index (Phi) is 2.34. The Labute approximate surface area is 92.0 Å². The van der Waals surface area contributed by atoms with Crippen molar-refractivity contribution in [2.75, 3.05) is 13.1 Å². The molecular weight excluding hydrogens is 188 g/mol. The van der Waals surface area contributed by atoms with Gasteiger partial charge in [0.15, 0.2) is 0 Å². The van der Waals surface area contributed by atoms with Crippen LogP contribution in [0.3, 0.4) is 0 Å². The van der Waals surface area contributed by atoms with E-state index in [1.54, 1.807) is 0 Å². The van der Waals surface area contributed by atoms with Crippen LogP contribution in [0.5, 0.6) is 0 Å². The first-order chi connectivity index (χ1) is 6.85. The summed E-state index contributed by atoms with van der Waals surface area (Å²) in [7, 11) is 0. The maximum atomic E-state index is 11.7. The van der Waals surface area contributed by atoms with Gasteiger partial charge < -0.3 is 10.6 Å². The maximum Gasteiger partial charge on any atom is 0.236 e. The summed E-state index contributed by atoms with van der Waals surface area (Å²) in [5, 5.41) is 0. The molecule has 1 amide bonds. The molecule has 0 spiro atoms. The van der Waals surface area contributed by atoms with Crippen LogP contribution in [0.4, 0.5) is 0 Å². The lowest BCUT2D eigenvalue weighted by Gasteiger charge is -2.39. The van der Waals surface area contributed by atoms with Crippen molar-refractivity contribution < 1.29 is 4.79 Å². The largest absolute Gasteiger partial charge is 0.338 e. The van der Waals surface area contributed by atoms with Gasteiger partial charge in [-0.15, -0.1) is 0 Å². The van der Waals surface area contributed by atoms with Gasteiger partial charge in [0, 0.05) is 12.6 Å². The summed E-state index contributed by atoms with van der Waals surface area (Å²) in [4.78, 5) is 13.7. The molecule has 2 rings (SSSR count). The van der Waals surface area contributed by atoms with Crippen molar-refractivity contribution in [2.24, 2.45) is 16.6 Å². The van der Waals surface area contributed by atoms with Gasteiger partial charge in [-0.1, -0.05) is 20.8 Å². The molecule has 2 aliphatic rings. The summed E-state index contributed by atoms with van der Waals surface area (Å²) >= 11 is 0. The Morgan fingerprint density at radius 2 is 2.07 bits per heavy atom. The molecular formula is C12H22N2O. The zero-order valence-corrected chi connectivity index (χ0v) is 10.0. The quantitative estimate of drug-likeness (QED) is 0.710. The van der Waals surface area contributed by atoms with Crippen LogP contribution in [-0.4, -0.2) is 29.9 Å². The summed E-state index contributed by atoms with van der Waals surface area (Å²) in [5.74, 6) is 0.126. The molecule has 0 aromatic carbocycles. The van der Waals surface area contributed by atoms with Crippen molar-refractivity contribution >= 4 is 5.91 Å². The van der Waals surface area contributed by atoms with Gasteiger partial charge >= 0.3 is 0 Å². The molecule has 0 aromatic heterocycles. The first kappa shape index (κ1) is 10.9. The van der Waals surface area contributed by atoms with Crippen LogP contribution in [-0.2, 0) is 4.79 Å². The maximum absolute atomic E-state index is 11.7. The van der Waals surface area contributed by atoms with Gasteiger partial charge in [-0.3, -0.25) is 4.79 Å². The molecule has 1 aliphatic heterocycles. The van der Waals surface area contributed by atoms with E-state index in [0.717, 1.165) is 13.0 Å². The number of hydrogen-bond acceptors (Lipinski definition) is 2. The van der Waals surface area contributed by atoms with Gasteiger partial charge in [0.05, 0.1) is 6.54 Å². The van der Waals surface area contributed by atoms with Crippen LogP contribution in [0.1, 0.15) is 40.0 Å². The number of likely N-dealkylation sites (tertiary alicyclic amines) is 1. The van der Waals surface area contributed by atoms with Gasteiger partial charge in [0.1, 0.15) is 0 Å². The lowest BCUT2D eigenvalue weighted by Crippen LogP contribution is -2.40. The van der Waals surface area contributed by atoms with E-state index >= 15 is 0 Å². The fraction of sp³-hybridized carbons (Fsp3) is 0.917. The minimum Gasteiger partial charge on any atom is -0.338 e. The fourth-order valence-corrected chi connectivity index (χ4v) is 3.87. The van der Waals surface area contributed by atoms with Crippen molar-refractivity contribution in [3.05, 3.63) is 0 Å². The van der Waals surface area contributed by atoms with E-state index in [2.05, 4.69) is 20.8 Å². The highest BCUT2D eigenvalue weighted by Gasteiger charge is 2.50. The first-order valence-electron chi connectivity index (χ1n) is 5.85. The molecule has 2 N–H and O–H groups in total. The smallest absolute Gasteiger partial charge is 0.236 e. The van der Waals surface area contributed by atoms with E-state index in [9.17, 15) is 4.79 Å². The monoisotopic (exact) mass is 210 g/mol. The summed E-state index contributed by atoms with van der Waals surface area (Å²) < 4.78 is 0. The predicted octanol–water partition coefficient (Wildman–Crippen LogP) is 1.37. The number of carbonyl (C=O) groups excluding carboxylic acids is 1. The Hall–Kier alpha value is -0.570. The molecule has 1 saturated carbocycles. The van der Waals surface area contributed by atoms with E-state index in [1.807, 2.05) is 4.90 Å². The second kappa shape index (κ2) is 3.21. The lowest BCUT2D eigenvalue weighted by atomic mass is 9.65. The SMILES string of the molecule is CC1(C)C[C@H]2C[C@](C)(CN2C(=O)CN)C1. The average molecular weight is 210 g/mol. The topological polar surface area (TPSA) is 46.3 Å². The zero-order chi connectivity index (χ0) is 11.3. The van der Waals surface area contributed by atoms with Crippen LogP contribution in [0, 0.1) is 10.8 Å². The van der Waals surface area contributed by atoms with E-state index in [4.69, 9.17) is 5.73 Å². The number of carbonyl (C=O) groups is 1. The zero-order valence-electron chi connectivity index (χ0n) is 10.0. The molecule has 3 heteroatoms. The molecule has 2 atom stereocenters.